The molecule has 7 heteroatoms. The summed E-state index contributed by atoms with van der Waals surface area (Å²) < 4.78 is 5.80. The van der Waals surface area contributed by atoms with Gasteiger partial charge in [-0.2, -0.15) is 0 Å². The molecule has 0 fully saturated rings. The molecule has 0 bridgehead atoms. The summed E-state index contributed by atoms with van der Waals surface area (Å²) in [5.41, 5.74) is 15.6. The van der Waals surface area contributed by atoms with E-state index in [0.29, 0.717) is 11.8 Å². The van der Waals surface area contributed by atoms with Crippen molar-refractivity contribution >= 4 is 86.8 Å². The number of thiophene rings is 1. The van der Waals surface area contributed by atoms with E-state index in [0.717, 1.165) is 110 Å². The zero-order chi connectivity index (χ0) is 48.0. The Morgan fingerprint density at radius 2 is 0.836 bits per heavy atom. The van der Waals surface area contributed by atoms with E-state index in [2.05, 4.69) is 240 Å². The summed E-state index contributed by atoms with van der Waals surface area (Å²) in [5, 5.41) is 7.82. The van der Waals surface area contributed by atoms with Crippen LogP contribution in [0.25, 0.3) is 143 Å². The topological polar surface area (TPSA) is 61.4 Å². The number of fused-ring (bicyclic) bond motifs is 10. The second-order valence-corrected chi connectivity index (χ2v) is 19.7. The molecule has 10 aromatic carbocycles. The average molecular weight is 949 g/mol. The smallest absolute Gasteiger partial charge is 0.235 e. The minimum Gasteiger partial charge on any atom is -0.309 e. The van der Waals surface area contributed by atoms with E-state index in [9.17, 15) is 0 Å². The molecule has 0 aliphatic heterocycles. The highest BCUT2D eigenvalue weighted by molar-refractivity contribution is 7.22. The number of nitrogens with zero attached hydrogens (tertiary/aromatic N) is 6. The van der Waals surface area contributed by atoms with Crippen LogP contribution in [0.5, 0.6) is 0 Å². The van der Waals surface area contributed by atoms with Crippen molar-refractivity contribution < 1.29 is 0 Å². The van der Waals surface area contributed by atoms with Gasteiger partial charge in [0.2, 0.25) is 5.95 Å². The van der Waals surface area contributed by atoms with Gasteiger partial charge in [-0.05, 0) is 102 Å². The third kappa shape index (κ3) is 6.71. The summed E-state index contributed by atoms with van der Waals surface area (Å²) in [5.74, 6) is 1.33. The van der Waals surface area contributed by atoms with Gasteiger partial charge in [0.25, 0.3) is 0 Å². The monoisotopic (exact) mass is 948 g/mol. The number of hydrogen-bond acceptors (Lipinski definition) is 5. The fraction of sp³-hybridized carbons (Fsp3) is 0. The van der Waals surface area contributed by atoms with Crippen molar-refractivity contribution in [1.29, 1.82) is 0 Å². The average Bonchev–Trinajstić information content (AvgIpc) is 4.15. The molecule has 0 spiro atoms. The highest BCUT2D eigenvalue weighted by Gasteiger charge is 2.21. The van der Waals surface area contributed by atoms with Gasteiger partial charge in [0.15, 0.2) is 5.82 Å². The minimum atomic E-state index is 0.644. The van der Waals surface area contributed by atoms with Crippen LogP contribution in [0.4, 0.5) is 0 Å². The molecular weight excluding hydrogens is 909 g/mol. The quantitative estimate of drug-likeness (QED) is 0.160. The molecule has 5 heterocycles. The molecule has 340 valence electrons. The molecule has 15 aromatic rings. The Labute approximate surface area is 423 Å². The number of aromatic nitrogens is 6. The third-order valence-electron chi connectivity index (χ3n) is 14.3. The molecule has 0 amide bonds. The van der Waals surface area contributed by atoms with E-state index in [1.54, 1.807) is 0 Å². The van der Waals surface area contributed by atoms with Crippen molar-refractivity contribution in [2.24, 2.45) is 0 Å². The van der Waals surface area contributed by atoms with E-state index >= 15 is 0 Å². The molecule has 0 radical (unpaired) electrons. The zero-order valence-electron chi connectivity index (χ0n) is 39.2. The van der Waals surface area contributed by atoms with E-state index in [4.69, 9.17) is 19.9 Å². The van der Waals surface area contributed by atoms with Gasteiger partial charge in [-0.25, -0.2) is 19.9 Å². The highest BCUT2D eigenvalue weighted by Crippen LogP contribution is 2.43. The lowest BCUT2D eigenvalue weighted by Crippen LogP contribution is -2.03. The highest BCUT2D eigenvalue weighted by atomic mass is 32.1. The first kappa shape index (κ1) is 41.2. The first-order valence-electron chi connectivity index (χ1n) is 24.5. The van der Waals surface area contributed by atoms with Gasteiger partial charge in [-0.3, -0.25) is 4.57 Å². The van der Waals surface area contributed by atoms with Crippen LogP contribution in [-0.2, 0) is 0 Å². The minimum absolute atomic E-state index is 0.644. The molecule has 0 saturated heterocycles. The van der Waals surface area contributed by atoms with Crippen LogP contribution in [0.1, 0.15) is 0 Å². The Balaban J connectivity index is 0.905. The van der Waals surface area contributed by atoms with Crippen LogP contribution in [0.2, 0.25) is 0 Å². The lowest BCUT2D eigenvalue weighted by atomic mass is 10.00. The SMILES string of the molecule is c1ccc(-c2cc3c(ccc4nc(-c5ccc6c(c5)c5cc(-c7ccc8c(c7)c7ccccc7n8-c7nc(-c8ccccc8)c8ccccc8n7)ccc5n6-c5ccccc5)nc(-c5ccccc5)c43)s2)cc1. The van der Waals surface area contributed by atoms with Gasteiger partial charge >= 0.3 is 0 Å². The summed E-state index contributed by atoms with van der Waals surface area (Å²) in [6.07, 6.45) is 0. The van der Waals surface area contributed by atoms with Crippen molar-refractivity contribution in [3.05, 3.63) is 243 Å². The number of hydrogen-bond donors (Lipinski definition) is 0. The number of para-hydroxylation sites is 3. The number of rotatable bonds is 7. The van der Waals surface area contributed by atoms with Crippen molar-refractivity contribution in [2.45, 2.75) is 0 Å². The first-order chi connectivity index (χ1) is 36.2. The van der Waals surface area contributed by atoms with Crippen LogP contribution < -0.4 is 0 Å². The van der Waals surface area contributed by atoms with Crippen LogP contribution in [-0.4, -0.2) is 29.1 Å². The molecule has 5 aromatic heterocycles. The summed E-state index contributed by atoms with van der Waals surface area (Å²) >= 11 is 1.81. The van der Waals surface area contributed by atoms with Gasteiger partial charge in [0, 0.05) is 69.7 Å². The number of benzene rings is 10. The second kappa shape index (κ2) is 16.5. The van der Waals surface area contributed by atoms with E-state index in [1.165, 1.54) is 20.5 Å². The predicted molar refractivity (Wildman–Crippen MR) is 304 cm³/mol. The van der Waals surface area contributed by atoms with Crippen molar-refractivity contribution in [2.75, 3.05) is 0 Å². The van der Waals surface area contributed by atoms with E-state index in [-0.39, 0.29) is 0 Å². The molecule has 0 saturated carbocycles. The molecule has 0 unspecified atom stereocenters. The molecule has 0 N–H and O–H groups in total. The normalized spacial score (nSPS) is 11.8. The summed E-state index contributed by atoms with van der Waals surface area (Å²) in [4.78, 5) is 22.6. The van der Waals surface area contributed by atoms with Gasteiger partial charge < -0.3 is 4.57 Å². The molecule has 73 heavy (non-hydrogen) atoms. The van der Waals surface area contributed by atoms with Crippen LogP contribution in [0.3, 0.4) is 0 Å². The lowest BCUT2D eigenvalue weighted by Gasteiger charge is -2.12. The molecule has 0 atom stereocenters. The molecule has 15 rings (SSSR count). The molecule has 6 nitrogen and oxygen atoms in total. The lowest BCUT2D eigenvalue weighted by molar-refractivity contribution is 1.01. The Bertz CT molecular complexity index is 4660. The Morgan fingerprint density at radius 1 is 0.301 bits per heavy atom. The fourth-order valence-electron chi connectivity index (χ4n) is 11.0. The largest absolute Gasteiger partial charge is 0.309 e. The Hall–Kier alpha value is -9.56. The first-order valence-corrected chi connectivity index (χ1v) is 25.4. The van der Waals surface area contributed by atoms with Crippen molar-refractivity contribution in [3.8, 4) is 67.1 Å². The van der Waals surface area contributed by atoms with Gasteiger partial charge in [-0.15, -0.1) is 11.3 Å². The zero-order valence-corrected chi connectivity index (χ0v) is 40.0. The van der Waals surface area contributed by atoms with Crippen molar-refractivity contribution in [1.82, 2.24) is 29.1 Å². The maximum absolute atomic E-state index is 5.48. The summed E-state index contributed by atoms with van der Waals surface area (Å²) in [7, 11) is 0. The Kier molecular flexibility index (Phi) is 9.33. The van der Waals surface area contributed by atoms with E-state index in [1.807, 2.05) is 23.5 Å². The summed E-state index contributed by atoms with van der Waals surface area (Å²) in [6, 6.07) is 86.2. The fourth-order valence-corrected chi connectivity index (χ4v) is 12.0. The third-order valence-corrected chi connectivity index (χ3v) is 15.5. The van der Waals surface area contributed by atoms with Crippen LogP contribution >= 0.6 is 11.3 Å². The second-order valence-electron chi connectivity index (χ2n) is 18.6. The van der Waals surface area contributed by atoms with Gasteiger partial charge in [0.05, 0.1) is 44.5 Å². The summed E-state index contributed by atoms with van der Waals surface area (Å²) in [6.45, 7) is 0. The van der Waals surface area contributed by atoms with Gasteiger partial charge in [-0.1, -0.05) is 158 Å². The molecule has 0 aliphatic rings. The molecule has 0 aliphatic carbocycles. The predicted octanol–water partition coefficient (Wildman–Crippen LogP) is 17.3. The van der Waals surface area contributed by atoms with Crippen LogP contribution in [0, 0.1) is 0 Å². The Morgan fingerprint density at radius 3 is 1.53 bits per heavy atom. The van der Waals surface area contributed by atoms with E-state index < -0.39 is 0 Å². The molecular formula is C66H40N6S. The standard InChI is InChI=1S/C66H40N6S/c1-5-17-41(18-6-1)61-40-53-60(73-61)36-32-55-62(53)64(43-21-9-3-10-22-43)69-65(67-55)46-31-35-58-52(39-46)51-38-45(29-33-57(51)71(58)47-23-11-4-12-24-47)44-30-34-59-50(37-44)48-25-14-16-28-56(48)72(59)66-68-54-27-15-13-26-49(54)63(70-66)42-19-7-2-8-20-42/h1-40H. The maximum atomic E-state index is 5.48. The van der Waals surface area contributed by atoms with Crippen molar-refractivity contribution in [3.63, 3.8) is 0 Å². The van der Waals surface area contributed by atoms with Crippen LogP contribution in [0.15, 0.2) is 243 Å². The van der Waals surface area contributed by atoms with Gasteiger partial charge in [0.1, 0.15) is 0 Å². The maximum Gasteiger partial charge on any atom is 0.235 e.